The molecule has 0 atom stereocenters. The zero-order chi connectivity index (χ0) is 20.8. The van der Waals surface area contributed by atoms with Gasteiger partial charge in [-0.05, 0) is 48.5 Å². The molecule has 4 aromatic rings. The third kappa shape index (κ3) is 5.12. The number of ether oxygens (including phenoxy) is 1. The predicted octanol–water partition coefficient (Wildman–Crippen LogP) is 5.86. The van der Waals surface area contributed by atoms with Crippen LogP contribution in [0.5, 0.6) is 11.5 Å². The minimum Gasteiger partial charge on any atom is -0.455 e. The maximum absolute atomic E-state index is 12.4. The molecule has 4 rings (SSSR count). The lowest BCUT2D eigenvalue weighted by Crippen LogP contribution is -2.13. The molecular formula is C23H18BrN3O3. The van der Waals surface area contributed by atoms with Crippen molar-refractivity contribution >= 4 is 27.5 Å². The summed E-state index contributed by atoms with van der Waals surface area (Å²) in [6.45, 7) is 0. The maximum Gasteiger partial charge on any atom is 0.227 e. The quantitative estimate of drug-likeness (QED) is 0.371. The molecule has 6 nitrogen and oxygen atoms in total. The number of anilines is 1. The Morgan fingerprint density at radius 3 is 2.50 bits per heavy atom. The van der Waals surface area contributed by atoms with Gasteiger partial charge in [-0.25, -0.2) is 0 Å². The van der Waals surface area contributed by atoms with Gasteiger partial charge in [0.1, 0.15) is 5.75 Å². The summed E-state index contributed by atoms with van der Waals surface area (Å²) in [5, 5.41) is 6.87. The Bertz CT molecular complexity index is 1130. The fourth-order valence-electron chi connectivity index (χ4n) is 2.78. The minimum absolute atomic E-state index is 0.164. The van der Waals surface area contributed by atoms with Crippen LogP contribution in [-0.4, -0.2) is 16.0 Å². The molecule has 1 N–H and O–H groups in total. The second-order valence-corrected chi connectivity index (χ2v) is 7.39. The lowest BCUT2D eigenvalue weighted by Gasteiger charge is -2.11. The SMILES string of the molecule is O=C(CCc1nc(-c2ccc(Br)cc2)no1)Nc1ccccc1Oc1ccccc1. The number of aromatic nitrogens is 2. The number of benzene rings is 3. The van der Waals surface area contributed by atoms with E-state index < -0.39 is 0 Å². The van der Waals surface area contributed by atoms with Crippen LogP contribution >= 0.6 is 15.9 Å². The fraction of sp³-hybridized carbons (Fsp3) is 0.0870. The number of nitrogens with one attached hydrogen (secondary N) is 1. The van der Waals surface area contributed by atoms with E-state index in [1.165, 1.54) is 0 Å². The molecule has 0 fully saturated rings. The number of rotatable bonds is 7. The highest BCUT2D eigenvalue weighted by Crippen LogP contribution is 2.29. The number of aryl methyl sites for hydroxylation is 1. The molecule has 1 heterocycles. The first-order valence-corrected chi connectivity index (χ1v) is 10.2. The first-order chi connectivity index (χ1) is 14.7. The molecule has 0 aliphatic heterocycles. The van der Waals surface area contributed by atoms with Gasteiger partial charge in [0, 0.05) is 22.9 Å². The Labute approximate surface area is 182 Å². The second kappa shape index (κ2) is 9.37. The van der Waals surface area contributed by atoms with Crippen LogP contribution in [-0.2, 0) is 11.2 Å². The molecule has 0 unspecified atom stereocenters. The number of amides is 1. The van der Waals surface area contributed by atoms with Crippen LogP contribution in [0.1, 0.15) is 12.3 Å². The molecule has 0 spiro atoms. The van der Waals surface area contributed by atoms with Crippen LogP contribution in [0.3, 0.4) is 0 Å². The lowest BCUT2D eigenvalue weighted by atomic mass is 10.2. The lowest BCUT2D eigenvalue weighted by molar-refractivity contribution is -0.116. The Balaban J connectivity index is 1.36. The summed E-state index contributed by atoms with van der Waals surface area (Å²) in [6.07, 6.45) is 0.554. The molecule has 1 aromatic heterocycles. The fourth-order valence-corrected chi connectivity index (χ4v) is 3.04. The normalized spacial score (nSPS) is 10.6. The van der Waals surface area contributed by atoms with Crippen molar-refractivity contribution in [2.24, 2.45) is 0 Å². The van der Waals surface area contributed by atoms with Gasteiger partial charge in [0.05, 0.1) is 5.69 Å². The van der Waals surface area contributed by atoms with Gasteiger partial charge in [0.15, 0.2) is 5.75 Å². The largest absolute Gasteiger partial charge is 0.455 e. The van der Waals surface area contributed by atoms with Crippen molar-refractivity contribution in [3.63, 3.8) is 0 Å². The number of halogens is 1. The maximum atomic E-state index is 12.4. The molecule has 0 aliphatic rings. The highest BCUT2D eigenvalue weighted by Gasteiger charge is 2.12. The van der Waals surface area contributed by atoms with Crippen LogP contribution in [0.2, 0.25) is 0 Å². The second-order valence-electron chi connectivity index (χ2n) is 6.48. The van der Waals surface area contributed by atoms with E-state index in [9.17, 15) is 4.79 Å². The average molecular weight is 464 g/mol. The number of carbonyl (C=O) groups is 1. The Morgan fingerprint density at radius 2 is 1.70 bits per heavy atom. The molecular weight excluding hydrogens is 446 g/mol. The van der Waals surface area contributed by atoms with Crippen molar-refractivity contribution in [2.45, 2.75) is 12.8 Å². The monoisotopic (exact) mass is 463 g/mol. The molecule has 0 aliphatic carbocycles. The molecule has 30 heavy (non-hydrogen) atoms. The van der Waals surface area contributed by atoms with Crippen molar-refractivity contribution < 1.29 is 14.1 Å². The van der Waals surface area contributed by atoms with Crippen LogP contribution < -0.4 is 10.1 Å². The van der Waals surface area contributed by atoms with Crippen molar-refractivity contribution in [1.82, 2.24) is 10.1 Å². The third-order valence-electron chi connectivity index (χ3n) is 4.27. The third-order valence-corrected chi connectivity index (χ3v) is 4.80. The molecule has 0 saturated heterocycles. The standard InChI is InChI=1S/C23H18BrN3O3/c24-17-12-10-16(11-13-17)23-26-22(30-27-23)15-14-21(28)25-19-8-4-5-9-20(19)29-18-6-2-1-3-7-18/h1-13H,14-15H2,(H,25,28). The summed E-state index contributed by atoms with van der Waals surface area (Å²) in [6, 6.07) is 24.3. The van der Waals surface area contributed by atoms with E-state index in [0.29, 0.717) is 35.3 Å². The van der Waals surface area contributed by atoms with E-state index in [2.05, 4.69) is 31.4 Å². The van der Waals surface area contributed by atoms with Crippen molar-refractivity contribution in [3.05, 3.63) is 89.2 Å². The van der Waals surface area contributed by atoms with Gasteiger partial charge in [-0.3, -0.25) is 4.79 Å². The van der Waals surface area contributed by atoms with Gasteiger partial charge >= 0.3 is 0 Å². The molecule has 0 radical (unpaired) electrons. The summed E-state index contributed by atoms with van der Waals surface area (Å²) in [4.78, 5) is 16.8. The number of para-hydroxylation sites is 3. The summed E-state index contributed by atoms with van der Waals surface area (Å²) in [5.74, 6) is 2.02. The van der Waals surface area contributed by atoms with Crippen LogP contribution in [0.15, 0.2) is 87.9 Å². The number of hydrogen-bond acceptors (Lipinski definition) is 5. The predicted molar refractivity (Wildman–Crippen MR) is 117 cm³/mol. The van der Waals surface area contributed by atoms with Gasteiger partial charge in [-0.15, -0.1) is 0 Å². The van der Waals surface area contributed by atoms with E-state index in [1.807, 2.05) is 72.8 Å². The first kappa shape index (κ1) is 19.8. The smallest absolute Gasteiger partial charge is 0.227 e. The molecule has 150 valence electrons. The van der Waals surface area contributed by atoms with E-state index in [1.54, 1.807) is 6.07 Å². The molecule has 1 amide bonds. The summed E-state index contributed by atoms with van der Waals surface area (Å²) in [7, 11) is 0. The Morgan fingerprint density at radius 1 is 0.967 bits per heavy atom. The van der Waals surface area contributed by atoms with Gasteiger partial charge in [-0.1, -0.05) is 51.4 Å². The van der Waals surface area contributed by atoms with Crippen LogP contribution in [0.25, 0.3) is 11.4 Å². The number of hydrogen-bond donors (Lipinski definition) is 1. The topological polar surface area (TPSA) is 77.2 Å². The highest BCUT2D eigenvalue weighted by atomic mass is 79.9. The van der Waals surface area contributed by atoms with Crippen LogP contribution in [0, 0.1) is 0 Å². The van der Waals surface area contributed by atoms with E-state index >= 15 is 0 Å². The van der Waals surface area contributed by atoms with Crippen LogP contribution in [0.4, 0.5) is 5.69 Å². The first-order valence-electron chi connectivity index (χ1n) is 9.38. The molecule has 3 aromatic carbocycles. The Kier molecular flexibility index (Phi) is 6.20. The van der Waals surface area contributed by atoms with Crippen molar-refractivity contribution in [3.8, 4) is 22.9 Å². The summed E-state index contributed by atoms with van der Waals surface area (Å²) in [5.41, 5.74) is 1.46. The minimum atomic E-state index is -0.164. The van der Waals surface area contributed by atoms with E-state index in [0.717, 1.165) is 10.0 Å². The molecule has 7 heteroatoms. The van der Waals surface area contributed by atoms with Crippen molar-refractivity contribution in [1.29, 1.82) is 0 Å². The number of nitrogens with zero attached hydrogens (tertiary/aromatic N) is 2. The Hall–Kier alpha value is -3.45. The highest BCUT2D eigenvalue weighted by molar-refractivity contribution is 9.10. The molecule has 0 bridgehead atoms. The van der Waals surface area contributed by atoms with E-state index in [4.69, 9.17) is 9.26 Å². The number of carbonyl (C=O) groups excluding carboxylic acids is 1. The zero-order valence-electron chi connectivity index (χ0n) is 15.9. The molecule has 0 saturated carbocycles. The zero-order valence-corrected chi connectivity index (χ0v) is 17.5. The summed E-state index contributed by atoms with van der Waals surface area (Å²) < 4.78 is 12.1. The average Bonchev–Trinajstić information content (AvgIpc) is 3.24. The van der Waals surface area contributed by atoms with Gasteiger partial charge < -0.3 is 14.6 Å². The van der Waals surface area contributed by atoms with Gasteiger partial charge in [0.25, 0.3) is 0 Å². The van der Waals surface area contributed by atoms with Crippen molar-refractivity contribution in [2.75, 3.05) is 5.32 Å². The summed E-state index contributed by atoms with van der Waals surface area (Å²) >= 11 is 3.40. The van der Waals surface area contributed by atoms with E-state index in [-0.39, 0.29) is 12.3 Å². The van der Waals surface area contributed by atoms with Gasteiger partial charge in [-0.2, -0.15) is 4.98 Å². The van der Waals surface area contributed by atoms with Gasteiger partial charge in [0.2, 0.25) is 17.6 Å².